The Hall–Kier alpha value is -0.590. The highest BCUT2D eigenvalue weighted by molar-refractivity contribution is 5.67. The van der Waals surface area contributed by atoms with E-state index in [2.05, 4.69) is 26.8 Å². The number of hydrogen-bond donors (Lipinski definition) is 0. The average molecular weight is 288 g/mol. The fraction of sp³-hybridized carbons (Fsp3) is 0.850. The second-order valence-corrected chi connectivity index (χ2v) is 8.16. The maximum absolute atomic E-state index is 12.2. The lowest BCUT2D eigenvalue weighted by Crippen LogP contribution is -2.51. The highest BCUT2D eigenvalue weighted by Crippen LogP contribution is 2.61. The molecule has 2 saturated carbocycles. The van der Waals surface area contributed by atoms with Gasteiger partial charge in [-0.2, -0.15) is 0 Å². The largest absolute Gasteiger partial charge is 0.302 e. The van der Waals surface area contributed by atoms with Gasteiger partial charge in [-0.3, -0.25) is 0 Å². The van der Waals surface area contributed by atoms with Crippen LogP contribution >= 0.6 is 0 Å². The van der Waals surface area contributed by atoms with Gasteiger partial charge in [0, 0.05) is 5.41 Å². The number of carbonyl (C=O) groups is 1. The van der Waals surface area contributed by atoms with Crippen molar-refractivity contribution < 1.29 is 4.79 Å². The summed E-state index contributed by atoms with van der Waals surface area (Å²) in [6, 6.07) is 0. The molecule has 118 valence electrons. The molecule has 0 spiro atoms. The van der Waals surface area contributed by atoms with Crippen LogP contribution < -0.4 is 0 Å². The molecule has 3 aliphatic carbocycles. The first-order chi connectivity index (χ1) is 10.1. The maximum atomic E-state index is 12.2. The van der Waals surface area contributed by atoms with E-state index in [1.807, 2.05) is 0 Å². The third-order valence-corrected chi connectivity index (χ3v) is 7.60. The molecule has 0 radical (unpaired) electrons. The number of rotatable bonds is 3. The molecule has 0 aliphatic heterocycles. The van der Waals surface area contributed by atoms with Crippen molar-refractivity contribution in [2.75, 3.05) is 0 Å². The van der Waals surface area contributed by atoms with Gasteiger partial charge in [-0.05, 0) is 61.7 Å². The van der Waals surface area contributed by atoms with Crippen molar-refractivity contribution in [1.82, 2.24) is 0 Å². The molecule has 1 heteroatoms. The number of carbonyl (C=O) groups excluding carboxylic acids is 1. The van der Waals surface area contributed by atoms with E-state index in [4.69, 9.17) is 0 Å². The standard InChI is InChI=1S/C20H32O/c1-4-17-16-10-9-15-8-6-7-12-20(15,14-21)18(16)11-13-19(17,3)5-2/h9,14,16-18H,4-8,10-13H2,1-3H3. The van der Waals surface area contributed by atoms with Crippen LogP contribution in [-0.2, 0) is 4.79 Å². The van der Waals surface area contributed by atoms with Gasteiger partial charge in [0.15, 0.2) is 0 Å². The number of aldehydes is 1. The van der Waals surface area contributed by atoms with Crippen molar-refractivity contribution in [1.29, 1.82) is 0 Å². The Morgan fingerprint density at radius 2 is 2.10 bits per heavy atom. The van der Waals surface area contributed by atoms with Gasteiger partial charge in [0.25, 0.3) is 0 Å². The first-order valence-electron chi connectivity index (χ1n) is 9.27. The van der Waals surface area contributed by atoms with Crippen LogP contribution in [0.1, 0.15) is 78.6 Å². The molecule has 0 bridgehead atoms. The first-order valence-corrected chi connectivity index (χ1v) is 9.27. The SMILES string of the molecule is CCC1C2CC=C3CCCCC3(C=O)C2CCC1(C)CC. The zero-order chi connectivity index (χ0) is 15.1. The minimum Gasteiger partial charge on any atom is -0.302 e. The molecular formula is C20H32O. The molecule has 0 aromatic rings. The molecule has 2 fully saturated rings. The van der Waals surface area contributed by atoms with Crippen LogP contribution in [0.25, 0.3) is 0 Å². The third kappa shape index (κ3) is 2.14. The van der Waals surface area contributed by atoms with E-state index in [-0.39, 0.29) is 5.41 Å². The van der Waals surface area contributed by atoms with E-state index in [0.717, 1.165) is 18.3 Å². The lowest BCUT2D eigenvalue weighted by Gasteiger charge is -2.57. The smallest absolute Gasteiger partial charge is 0.130 e. The van der Waals surface area contributed by atoms with Gasteiger partial charge < -0.3 is 4.79 Å². The molecule has 5 unspecified atom stereocenters. The predicted molar refractivity (Wildman–Crippen MR) is 88.1 cm³/mol. The Morgan fingerprint density at radius 1 is 1.29 bits per heavy atom. The zero-order valence-electron chi connectivity index (χ0n) is 14.2. The molecule has 3 rings (SSSR count). The Morgan fingerprint density at radius 3 is 2.76 bits per heavy atom. The maximum Gasteiger partial charge on any atom is 0.130 e. The molecule has 0 N–H and O–H groups in total. The van der Waals surface area contributed by atoms with E-state index >= 15 is 0 Å². The molecular weight excluding hydrogens is 256 g/mol. The predicted octanol–water partition coefficient (Wildman–Crippen LogP) is 5.54. The number of hydrogen-bond acceptors (Lipinski definition) is 1. The van der Waals surface area contributed by atoms with Gasteiger partial charge in [-0.15, -0.1) is 0 Å². The van der Waals surface area contributed by atoms with Gasteiger partial charge in [0.05, 0.1) is 0 Å². The summed E-state index contributed by atoms with van der Waals surface area (Å²) in [4.78, 5) is 12.2. The van der Waals surface area contributed by atoms with Crippen molar-refractivity contribution in [3.63, 3.8) is 0 Å². The van der Waals surface area contributed by atoms with Gasteiger partial charge in [-0.1, -0.05) is 51.7 Å². The van der Waals surface area contributed by atoms with Gasteiger partial charge in [-0.25, -0.2) is 0 Å². The number of allylic oxidation sites excluding steroid dienone is 2. The minimum absolute atomic E-state index is 0.0658. The van der Waals surface area contributed by atoms with Gasteiger partial charge in [0.1, 0.15) is 6.29 Å². The Kier molecular flexibility index (Phi) is 4.05. The average Bonchev–Trinajstić information content (AvgIpc) is 2.54. The summed E-state index contributed by atoms with van der Waals surface area (Å²) in [6.07, 6.45) is 15.1. The van der Waals surface area contributed by atoms with Crippen molar-refractivity contribution in [3.05, 3.63) is 11.6 Å². The molecule has 0 amide bonds. The highest BCUT2D eigenvalue weighted by Gasteiger charge is 2.54. The Bertz CT molecular complexity index is 437. The topological polar surface area (TPSA) is 17.1 Å². The van der Waals surface area contributed by atoms with Crippen LogP contribution in [0.5, 0.6) is 0 Å². The van der Waals surface area contributed by atoms with Crippen LogP contribution in [0.3, 0.4) is 0 Å². The molecule has 5 atom stereocenters. The van der Waals surface area contributed by atoms with E-state index in [0.29, 0.717) is 11.3 Å². The fourth-order valence-corrected chi connectivity index (χ4v) is 6.23. The van der Waals surface area contributed by atoms with Crippen LogP contribution in [0.15, 0.2) is 11.6 Å². The summed E-state index contributed by atoms with van der Waals surface area (Å²) in [5.41, 5.74) is 1.95. The summed E-state index contributed by atoms with van der Waals surface area (Å²) in [7, 11) is 0. The molecule has 3 aliphatic rings. The van der Waals surface area contributed by atoms with Crippen LogP contribution in [0.4, 0.5) is 0 Å². The Labute approximate surface area is 130 Å². The van der Waals surface area contributed by atoms with E-state index in [1.165, 1.54) is 63.2 Å². The summed E-state index contributed by atoms with van der Waals surface area (Å²) >= 11 is 0. The van der Waals surface area contributed by atoms with Crippen molar-refractivity contribution in [2.24, 2.45) is 28.6 Å². The molecule has 21 heavy (non-hydrogen) atoms. The van der Waals surface area contributed by atoms with Crippen molar-refractivity contribution in [2.45, 2.75) is 78.6 Å². The van der Waals surface area contributed by atoms with Crippen LogP contribution in [0.2, 0.25) is 0 Å². The van der Waals surface area contributed by atoms with Crippen LogP contribution in [-0.4, -0.2) is 6.29 Å². The summed E-state index contributed by atoms with van der Waals surface area (Å²) in [5.74, 6) is 2.19. The number of fused-ring (bicyclic) bond motifs is 3. The second-order valence-electron chi connectivity index (χ2n) is 8.16. The normalized spacial score (nSPS) is 46.2. The molecule has 0 saturated heterocycles. The van der Waals surface area contributed by atoms with Crippen molar-refractivity contribution >= 4 is 6.29 Å². The summed E-state index contributed by atoms with van der Waals surface area (Å²) < 4.78 is 0. The summed E-state index contributed by atoms with van der Waals surface area (Å²) in [6.45, 7) is 7.24. The molecule has 0 heterocycles. The zero-order valence-corrected chi connectivity index (χ0v) is 14.2. The minimum atomic E-state index is -0.0658. The Balaban J connectivity index is 1.98. The summed E-state index contributed by atoms with van der Waals surface area (Å²) in [5, 5.41) is 0. The lowest BCUT2D eigenvalue weighted by molar-refractivity contribution is -0.125. The quantitative estimate of drug-likeness (QED) is 0.492. The van der Waals surface area contributed by atoms with Crippen LogP contribution in [0, 0.1) is 28.6 Å². The first kappa shape index (κ1) is 15.3. The molecule has 0 aromatic carbocycles. The molecule has 1 nitrogen and oxygen atoms in total. The van der Waals surface area contributed by atoms with E-state index < -0.39 is 0 Å². The van der Waals surface area contributed by atoms with Crippen molar-refractivity contribution in [3.8, 4) is 0 Å². The lowest BCUT2D eigenvalue weighted by atomic mass is 9.47. The van der Waals surface area contributed by atoms with E-state index in [1.54, 1.807) is 0 Å². The van der Waals surface area contributed by atoms with Gasteiger partial charge in [0.2, 0.25) is 0 Å². The van der Waals surface area contributed by atoms with Gasteiger partial charge >= 0.3 is 0 Å². The highest BCUT2D eigenvalue weighted by atomic mass is 16.1. The second kappa shape index (κ2) is 5.56. The van der Waals surface area contributed by atoms with E-state index in [9.17, 15) is 4.79 Å². The third-order valence-electron chi connectivity index (χ3n) is 7.60. The monoisotopic (exact) mass is 288 g/mol. The fourth-order valence-electron chi connectivity index (χ4n) is 6.23. The molecule has 0 aromatic heterocycles.